The summed E-state index contributed by atoms with van der Waals surface area (Å²) in [6.07, 6.45) is 1.02. The third-order valence-corrected chi connectivity index (χ3v) is 1.75. The Morgan fingerprint density at radius 2 is 1.83 bits per heavy atom. The van der Waals surface area contributed by atoms with Crippen molar-refractivity contribution >= 4 is 11.6 Å². The molecule has 63 valence electrons. The van der Waals surface area contributed by atoms with E-state index in [-0.39, 0.29) is 32.7 Å². The smallest absolute Gasteiger partial charge is 0.0406 e. The van der Waals surface area contributed by atoms with E-state index in [1.54, 1.807) is 0 Å². The predicted molar refractivity (Wildman–Crippen MR) is 49.7 cm³/mol. The van der Waals surface area contributed by atoms with Gasteiger partial charge in [-0.05, 0) is 12.1 Å². The second-order valence-corrected chi connectivity index (χ2v) is 3.37. The molecule has 0 heterocycles. The number of rotatable bonds is 2. The van der Waals surface area contributed by atoms with Gasteiger partial charge in [0.1, 0.15) is 0 Å². The zero-order valence-corrected chi connectivity index (χ0v) is 10.9. The van der Waals surface area contributed by atoms with E-state index in [2.05, 4.69) is 13.8 Å². The van der Waals surface area contributed by atoms with Crippen molar-refractivity contribution in [2.24, 2.45) is 5.92 Å². The Kier molecular flexibility index (Phi) is 6.44. The van der Waals surface area contributed by atoms with E-state index in [9.17, 15) is 0 Å². The molecule has 0 aromatic heterocycles. The minimum absolute atomic E-state index is 0. The van der Waals surface area contributed by atoms with Crippen molar-refractivity contribution in [3.8, 4) is 0 Å². The largest absolute Gasteiger partial charge is 0.340 e. The first-order valence-electron chi connectivity index (χ1n) is 3.76. The molecule has 2 heteroatoms. The molecule has 0 fully saturated rings. The van der Waals surface area contributed by atoms with Crippen molar-refractivity contribution in [3.05, 3.63) is 41.8 Å². The molecule has 0 bridgehead atoms. The normalized spacial score (nSPS) is 11.9. The van der Waals surface area contributed by atoms with Crippen LogP contribution in [-0.2, 0) is 39.1 Å². The van der Waals surface area contributed by atoms with Crippen LogP contribution in [0.15, 0.2) is 24.3 Å². The molecule has 0 aliphatic heterocycles. The van der Waals surface area contributed by atoms with Gasteiger partial charge in [-0.15, -0.1) is 0 Å². The van der Waals surface area contributed by atoms with Crippen LogP contribution in [0.4, 0.5) is 0 Å². The molecular weight excluding hydrogens is 244 g/mol. The fourth-order valence-electron chi connectivity index (χ4n) is 1.02. The van der Waals surface area contributed by atoms with Crippen LogP contribution >= 0.6 is 11.6 Å². The molecular formula is C10H12ClY-. The summed E-state index contributed by atoms with van der Waals surface area (Å²) in [5.74, 6) is 0.469. The van der Waals surface area contributed by atoms with Crippen LogP contribution in [-0.4, -0.2) is 0 Å². The van der Waals surface area contributed by atoms with Crippen LogP contribution < -0.4 is 0 Å². The maximum Gasteiger partial charge on any atom is 0.0406 e. The summed E-state index contributed by atoms with van der Waals surface area (Å²) in [6.45, 7) is 6.03. The quantitative estimate of drug-likeness (QED) is 0.712. The summed E-state index contributed by atoms with van der Waals surface area (Å²) in [6, 6.07) is 7.92. The molecule has 0 saturated heterocycles. The second kappa shape index (κ2) is 6.13. The molecule has 0 amide bonds. The summed E-state index contributed by atoms with van der Waals surface area (Å²) in [4.78, 5) is 0. The Balaban J connectivity index is 0.00000121. The minimum atomic E-state index is 0. The van der Waals surface area contributed by atoms with Gasteiger partial charge in [-0.25, -0.2) is 0 Å². The Labute approximate surface area is 105 Å². The summed E-state index contributed by atoms with van der Waals surface area (Å²) >= 11 is 5.73. The van der Waals surface area contributed by atoms with Gasteiger partial charge in [0.15, 0.2) is 0 Å². The maximum atomic E-state index is 5.73. The molecule has 0 saturated carbocycles. The van der Waals surface area contributed by atoms with Crippen LogP contribution in [0, 0.1) is 12.8 Å². The van der Waals surface area contributed by atoms with E-state index in [1.807, 2.05) is 24.3 Å². The third-order valence-electron chi connectivity index (χ3n) is 1.50. The Bertz CT molecular complexity index is 216. The first-order valence-corrected chi connectivity index (χ1v) is 4.14. The first kappa shape index (κ1) is 12.6. The van der Waals surface area contributed by atoms with E-state index in [0.29, 0.717) is 5.92 Å². The number of hydrogen-bond donors (Lipinski definition) is 0. The van der Waals surface area contributed by atoms with E-state index in [1.165, 1.54) is 5.56 Å². The van der Waals surface area contributed by atoms with Gasteiger partial charge in [0.05, 0.1) is 0 Å². The predicted octanol–water partition coefficient (Wildman–Crippen LogP) is 3.35. The molecule has 0 nitrogen and oxygen atoms in total. The molecule has 1 rings (SSSR count). The van der Waals surface area contributed by atoms with E-state index >= 15 is 0 Å². The van der Waals surface area contributed by atoms with Crippen LogP contribution in [0.3, 0.4) is 0 Å². The maximum absolute atomic E-state index is 5.73. The molecule has 1 aromatic rings. The van der Waals surface area contributed by atoms with Crippen molar-refractivity contribution in [1.29, 1.82) is 0 Å². The van der Waals surface area contributed by atoms with Gasteiger partial charge >= 0.3 is 0 Å². The second-order valence-electron chi connectivity index (χ2n) is 2.94. The molecule has 12 heavy (non-hydrogen) atoms. The van der Waals surface area contributed by atoms with Gasteiger partial charge in [-0.2, -0.15) is 5.92 Å². The molecule has 0 spiro atoms. The number of halogens is 1. The Hall–Kier alpha value is 0.614. The van der Waals surface area contributed by atoms with Crippen molar-refractivity contribution in [3.63, 3.8) is 0 Å². The van der Waals surface area contributed by atoms with Crippen LogP contribution in [0.2, 0.25) is 5.02 Å². The van der Waals surface area contributed by atoms with E-state index in [0.717, 1.165) is 11.4 Å². The summed E-state index contributed by atoms with van der Waals surface area (Å²) in [7, 11) is 0. The average Bonchev–Trinajstić information content (AvgIpc) is 1.93. The molecule has 0 aliphatic rings. The fraction of sp³-hybridized carbons (Fsp3) is 0.300. The zero-order chi connectivity index (χ0) is 8.27. The SMILES string of the molecule is [CH2-]C(C)Cc1ccc(Cl)cc1.[Y]. The van der Waals surface area contributed by atoms with Crippen LogP contribution in [0.25, 0.3) is 0 Å². The van der Waals surface area contributed by atoms with Gasteiger partial charge in [0.2, 0.25) is 0 Å². The van der Waals surface area contributed by atoms with Gasteiger partial charge in [-0.3, -0.25) is 0 Å². The standard InChI is InChI=1S/C10H12Cl.Y/c1-8(2)7-9-3-5-10(11)6-4-9;/h3-6,8H,1,7H2,2H3;/q-1;. The van der Waals surface area contributed by atoms with Crippen molar-refractivity contribution < 1.29 is 32.7 Å². The molecule has 1 atom stereocenters. The molecule has 0 N–H and O–H groups in total. The fourth-order valence-corrected chi connectivity index (χ4v) is 1.15. The van der Waals surface area contributed by atoms with Gasteiger partial charge < -0.3 is 6.92 Å². The minimum Gasteiger partial charge on any atom is -0.340 e. The average molecular weight is 257 g/mol. The third kappa shape index (κ3) is 4.59. The molecule has 0 aliphatic carbocycles. The summed E-state index contributed by atoms with van der Waals surface area (Å²) in [5, 5.41) is 0.797. The Morgan fingerprint density at radius 1 is 1.33 bits per heavy atom. The van der Waals surface area contributed by atoms with E-state index < -0.39 is 0 Å². The molecule has 1 aromatic carbocycles. The zero-order valence-electron chi connectivity index (χ0n) is 7.26. The number of benzene rings is 1. The Morgan fingerprint density at radius 3 is 2.25 bits per heavy atom. The van der Waals surface area contributed by atoms with Crippen LogP contribution in [0.1, 0.15) is 12.5 Å². The number of hydrogen-bond acceptors (Lipinski definition) is 0. The van der Waals surface area contributed by atoms with E-state index in [4.69, 9.17) is 11.6 Å². The van der Waals surface area contributed by atoms with Crippen molar-refractivity contribution in [2.45, 2.75) is 13.3 Å². The van der Waals surface area contributed by atoms with Crippen molar-refractivity contribution in [1.82, 2.24) is 0 Å². The van der Waals surface area contributed by atoms with Crippen molar-refractivity contribution in [2.75, 3.05) is 0 Å². The van der Waals surface area contributed by atoms with Gasteiger partial charge in [-0.1, -0.05) is 42.6 Å². The van der Waals surface area contributed by atoms with Gasteiger partial charge in [0, 0.05) is 37.7 Å². The summed E-state index contributed by atoms with van der Waals surface area (Å²) < 4.78 is 0. The monoisotopic (exact) mass is 256 g/mol. The molecule has 1 unspecified atom stereocenters. The van der Waals surface area contributed by atoms with Crippen LogP contribution in [0.5, 0.6) is 0 Å². The van der Waals surface area contributed by atoms with Gasteiger partial charge in [0.25, 0.3) is 0 Å². The molecule has 1 radical (unpaired) electrons. The first-order chi connectivity index (χ1) is 5.18. The summed E-state index contributed by atoms with van der Waals surface area (Å²) in [5.41, 5.74) is 1.30. The topological polar surface area (TPSA) is 0 Å².